The number of methoxy groups -OCH3 is 1. The second kappa shape index (κ2) is 8.45. The fourth-order valence-corrected chi connectivity index (χ4v) is 3.22. The molecule has 1 heterocycles. The highest BCUT2D eigenvalue weighted by Crippen LogP contribution is 2.16. The van der Waals surface area contributed by atoms with Crippen molar-refractivity contribution in [3.63, 3.8) is 0 Å². The molecule has 23 heavy (non-hydrogen) atoms. The predicted molar refractivity (Wildman–Crippen MR) is 91.0 cm³/mol. The molecule has 1 atom stereocenters. The van der Waals surface area contributed by atoms with Crippen LogP contribution in [0.3, 0.4) is 0 Å². The molecule has 0 aliphatic carbocycles. The van der Waals surface area contributed by atoms with Gasteiger partial charge in [-0.05, 0) is 24.6 Å². The van der Waals surface area contributed by atoms with Crippen LogP contribution in [0.1, 0.15) is 31.4 Å². The van der Waals surface area contributed by atoms with Gasteiger partial charge >= 0.3 is 5.97 Å². The van der Waals surface area contributed by atoms with Gasteiger partial charge in [-0.15, -0.1) is 0 Å². The van der Waals surface area contributed by atoms with Crippen LogP contribution in [0.25, 0.3) is 0 Å². The number of hydrogen-bond acceptors (Lipinski definition) is 3. The molecule has 1 amide bonds. The van der Waals surface area contributed by atoms with Crippen LogP contribution < -0.4 is 10.2 Å². The van der Waals surface area contributed by atoms with E-state index in [4.69, 9.17) is 4.74 Å². The van der Waals surface area contributed by atoms with Gasteiger partial charge in [0.05, 0.1) is 32.2 Å². The monoisotopic (exact) mass is 383 g/mol. The molecular weight excluding hydrogens is 360 g/mol. The maximum atomic E-state index is 12.2. The molecule has 1 aliphatic rings. The number of halogens is 1. The smallest absolute Gasteiger partial charge is 0.309 e. The normalized spacial score (nSPS) is 22.2. The third-order valence-electron chi connectivity index (χ3n) is 4.39. The zero-order valence-electron chi connectivity index (χ0n) is 13.6. The van der Waals surface area contributed by atoms with Crippen LogP contribution in [0.5, 0.6) is 0 Å². The maximum absolute atomic E-state index is 12.2. The van der Waals surface area contributed by atoms with Crippen molar-refractivity contribution in [2.45, 2.75) is 25.8 Å². The Morgan fingerprint density at radius 3 is 2.48 bits per heavy atom. The molecular formula is C17H24BrN2O3+. The van der Waals surface area contributed by atoms with Crippen LogP contribution in [0.2, 0.25) is 0 Å². The second-order valence-corrected chi connectivity index (χ2v) is 6.98. The van der Waals surface area contributed by atoms with Crippen molar-refractivity contribution in [2.75, 3.05) is 26.7 Å². The minimum atomic E-state index is -0.127. The highest BCUT2D eigenvalue weighted by molar-refractivity contribution is 9.10. The minimum Gasteiger partial charge on any atom is -0.469 e. The molecule has 0 radical (unpaired) electrons. The zero-order valence-corrected chi connectivity index (χ0v) is 15.2. The molecule has 1 saturated heterocycles. The molecule has 0 spiro atoms. The number of likely N-dealkylation sites (tertiary alicyclic amines) is 1. The van der Waals surface area contributed by atoms with Gasteiger partial charge in [-0.3, -0.25) is 9.59 Å². The van der Waals surface area contributed by atoms with Gasteiger partial charge in [-0.2, -0.15) is 0 Å². The van der Waals surface area contributed by atoms with Gasteiger partial charge in [0.25, 0.3) is 5.91 Å². The van der Waals surface area contributed by atoms with Gasteiger partial charge in [0.1, 0.15) is 0 Å². The first-order chi connectivity index (χ1) is 11.0. The van der Waals surface area contributed by atoms with Crippen LogP contribution in [0.15, 0.2) is 28.7 Å². The second-order valence-electron chi connectivity index (χ2n) is 6.06. The SMILES string of the molecule is COC(=O)C1CC[NH+](CC(=O)N[C@@H](C)c2ccc(Br)cc2)CC1. The highest BCUT2D eigenvalue weighted by Gasteiger charge is 2.29. The van der Waals surface area contributed by atoms with E-state index in [1.165, 1.54) is 12.0 Å². The van der Waals surface area contributed by atoms with Crippen molar-refractivity contribution < 1.29 is 19.2 Å². The lowest BCUT2D eigenvalue weighted by Crippen LogP contribution is -3.14. The lowest BCUT2D eigenvalue weighted by Gasteiger charge is -2.27. The van der Waals surface area contributed by atoms with E-state index in [1.54, 1.807) is 0 Å². The molecule has 1 fully saturated rings. The fourth-order valence-electron chi connectivity index (χ4n) is 2.96. The number of ether oxygens (including phenoxy) is 1. The third-order valence-corrected chi connectivity index (χ3v) is 4.91. The number of benzene rings is 1. The number of carbonyl (C=O) groups excluding carboxylic acids is 2. The summed E-state index contributed by atoms with van der Waals surface area (Å²) < 4.78 is 5.81. The Kier molecular flexibility index (Phi) is 6.59. The van der Waals surface area contributed by atoms with Crippen molar-refractivity contribution in [2.24, 2.45) is 5.92 Å². The molecule has 0 bridgehead atoms. The average Bonchev–Trinajstić information content (AvgIpc) is 2.55. The van der Waals surface area contributed by atoms with Gasteiger partial charge in [-0.1, -0.05) is 28.1 Å². The molecule has 2 N–H and O–H groups in total. The van der Waals surface area contributed by atoms with Gasteiger partial charge in [0.15, 0.2) is 6.54 Å². The quantitative estimate of drug-likeness (QED) is 0.748. The van der Waals surface area contributed by atoms with Crippen LogP contribution in [-0.2, 0) is 14.3 Å². The van der Waals surface area contributed by atoms with Gasteiger partial charge in [-0.25, -0.2) is 0 Å². The Balaban J connectivity index is 1.77. The summed E-state index contributed by atoms with van der Waals surface area (Å²) in [5, 5.41) is 3.04. The van der Waals surface area contributed by atoms with Crippen molar-refractivity contribution in [3.05, 3.63) is 34.3 Å². The van der Waals surface area contributed by atoms with Gasteiger partial charge < -0.3 is 15.0 Å². The summed E-state index contributed by atoms with van der Waals surface area (Å²) >= 11 is 3.41. The Morgan fingerprint density at radius 1 is 1.30 bits per heavy atom. The van der Waals surface area contributed by atoms with Gasteiger partial charge in [0.2, 0.25) is 0 Å². The number of piperidine rings is 1. The minimum absolute atomic E-state index is 0.00602. The van der Waals surface area contributed by atoms with Crippen molar-refractivity contribution in [3.8, 4) is 0 Å². The van der Waals surface area contributed by atoms with E-state index in [0.717, 1.165) is 36.0 Å². The topological polar surface area (TPSA) is 59.8 Å². The van der Waals surface area contributed by atoms with Crippen molar-refractivity contribution >= 4 is 27.8 Å². The predicted octanol–water partition coefficient (Wildman–Crippen LogP) is 1.09. The Morgan fingerprint density at radius 2 is 1.91 bits per heavy atom. The number of rotatable bonds is 5. The average molecular weight is 384 g/mol. The molecule has 2 rings (SSSR count). The lowest BCUT2D eigenvalue weighted by molar-refractivity contribution is -0.897. The maximum Gasteiger partial charge on any atom is 0.309 e. The number of quaternary nitrogens is 1. The summed E-state index contributed by atoms with van der Waals surface area (Å²) in [5.74, 6) is -0.0854. The molecule has 0 unspecified atom stereocenters. The molecule has 1 aromatic carbocycles. The summed E-state index contributed by atoms with van der Waals surface area (Å²) in [6.07, 6.45) is 1.58. The summed E-state index contributed by atoms with van der Waals surface area (Å²) in [7, 11) is 1.43. The van der Waals surface area contributed by atoms with Gasteiger partial charge in [0, 0.05) is 17.3 Å². The first kappa shape index (κ1) is 17.9. The molecule has 6 heteroatoms. The number of hydrogen-bond donors (Lipinski definition) is 2. The fraction of sp³-hybridized carbons (Fsp3) is 0.529. The number of nitrogens with one attached hydrogen (secondary N) is 2. The molecule has 1 aromatic rings. The van der Waals surface area contributed by atoms with E-state index in [2.05, 4.69) is 21.2 Å². The first-order valence-electron chi connectivity index (χ1n) is 7.96. The third kappa shape index (κ3) is 5.32. The summed E-state index contributed by atoms with van der Waals surface area (Å²) in [4.78, 5) is 24.9. The molecule has 126 valence electrons. The van der Waals surface area contributed by atoms with Crippen LogP contribution in [0.4, 0.5) is 0 Å². The summed E-state index contributed by atoms with van der Waals surface area (Å²) in [6.45, 7) is 4.11. The van der Waals surface area contributed by atoms with Crippen LogP contribution in [-0.4, -0.2) is 38.6 Å². The van der Waals surface area contributed by atoms with E-state index in [9.17, 15) is 9.59 Å². The standard InChI is InChI=1S/C17H23BrN2O3/c1-12(13-3-5-15(18)6-4-13)19-16(21)11-20-9-7-14(8-10-20)17(22)23-2/h3-6,12,14H,7-11H2,1-2H3,(H,19,21)/p+1/t12-/m0/s1. The zero-order chi connectivity index (χ0) is 16.8. The van der Waals surface area contributed by atoms with E-state index >= 15 is 0 Å². The first-order valence-corrected chi connectivity index (χ1v) is 8.75. The van der Waals surface area contributed by atoms with Crippen LogP contribution in [0, 0.1) is 5.92 Å². The molecule has 5 nitrogen and oxygen atoms in total. The Hall–Kier alpha value is -1.40. The molecule has 1 aliphatic heterocycles. The van der Waals surface area contributed by atoms with E-state index < -0.39 is 0 Å². The van der Waals surface area contributed by atoms with Crippen molar-refractivity contribution in [1.29, 1.82) is 0 Å². The molecule has 0 aromatic heterocycles. The van der Waals surface area contributed by atoms with Crippen LogP contribution >= 0.6 is 15.9 Å². The van der Waals surface area contributed by atoms with E-state index in [1.807, 2.05) is 31.2 Å². The Labute approximate surface area is 145 Å². The van der Waals surface area contributed by atoms with E-state index in [0.29, 0.717) is 6.54 Å². The lowest BCUT2D eigenvalue weighted by atomic mass is 9.97. The van der Waals surface area contributed by atoms with E-state index in [-0.39, 0.29) is 23.8 Å². The summed E-state index contributed by atoms with van der Waals surface area (Å²) in [5.41, 5.74) is 1.08. The largest absolute Gasteiger partial charge is 0.469 e. The summed E-state index contributed by atoms with van der Waals surface area (Å²) in [6, 6.07) is 7.94. The number of esters is 1. The molecule has 0 saturated carbocycles. The number of carbonyl (C=O) groups is 2. The number of amides is 1. The highest BCUT2D eigenvalue weighted by atomic mass is 79.9. The Bertz CT molecular complexity index is 539. The van der Waals surface area contributed by atoms with Crippen molar-refractivity contribution in [1.82, 2.24) is 5.32 Å².